The van der Waals surface area contributed by atoms with E-state index in [1.54, 1.807) is 0 Å². The van der Waals surface area contributed by atoms with Gasteiger partial charge in [0.25, 0.3) is 0 Å². The quantitative estimate of drug-likeness (QED) is 0.214. The van der Waals surface area contributed by atoms with Crippen LogP contribution in [0.25, 0.3) is 51.1 Å². The minimum absolute atomic E-state index is 0.0334. The lowest BCUT2D eigenvalue weighted by Gasteiger charge is -2.26. The molecule has 7 aromatic rings. The van der Waals surface area contributed by atoms with E-state index in [4.69, 9.17) is 0 Å². The lowest BCUT2D eigenvalue weighted by atomic mass is 9.78. The van der Waals surface area contributed by atoms with Gasteiger partial charge in [-0.25, -0.2) is 0 Å². The van der Waals surface area contributed by atoms with E-state index in [0.717, 1.165) is 6.42 Å². The van der Waals surface area contributed by atoms with Crippen molar-refractivity contribution in [3.63, 3.8) is 0 Å². The fourth-order valence-corrected chi connectivity index (χ4v) is 8.18. The molecule has 0 aliphatic carbocycles. The monoisotopic (exact) mass is 528 g/mol. The molecular formula is C36H32S2. The highest BCUT2D eigenvalue weighted by Gasteiger charge is 2.23. The van der Waals surface area contributed by atoms with Crippen LogP contribution in [0.2, 0.25) is 0 Å². The van der Waals surface area contributed by atoms with E-state index in [9.17, 15) is 0 Å². The van der Waals surface area contributed by atoms with Crippen molar-refractivity contribution in [2.75, 3.05) is 0 Å². The van der Waals surface area contributed by atoms with Gasteiger partial charge in [0.05, 0.1) is 0 Å². The van der Waals surface area contributed by atoms with Gasteiger partial charge in [0, 0.05) is 40.3 Å². The van der Waals surface area contributed by atoms with Gasteiger partial charge in [-0.3, -0.25) is 0 Å². The first kappa shape index (κ1) is 23.9. The Bertz CT molecular complexity index is 2010. The zero-order valence-corrected chi connectivity index (χ0v) is 24.3. The summed E-state index contributed by atoms with van der Waals surface area (Å²) in [4.78, 5) is 0. The summed E-state index contributed by atoms with van der Waals surface area (Å²) in [6.45, 7) is 11.7. The number of hydrogen-bond donors (Lipinski definition) is 0. The largest absolute Gasteiger partial charge is 0.135 e. The van der Waals surface area contributed by atoms with Crippen molar-refractivity contribution >= 4 is 73.8 Å². The van der Waals surface area contributed by atoms with Crippen molar-refractivity contribution in [1.82, 2.24) is 0 Å². The molecule has 5 aromatic carbocycles. The molecule has 2 heterocycles. The van der Waals surface area contributed by atoms with E-state index in [2.05, 4.69) is 126 Å². The molecule has 0 N–H and O–H groups in total. The van der Waals surface area contributed by atoms with Crippen LogP contribution in [-0.4, -0.2) is 0 Å². The Hall–Kier alpha value is -3.20. The summed E-state index contributed by atoms with van der Waals surface area (Å²) >= 11 is 3.80. The summed E-state index contributed by atoms with van der Waals surface area (Å²) in [5, 5.41) is 8.27. The Balaban J connectivity index is 1.30. The zero-order valence-electron chi connectivity index (χ0n) is 22.7. The average molecular weight is 529 g/mol. The first-order chi connectivity index (χ1) is 18.2. The van der Waals surface area contributed by atoms with E-state index in [1.807, 2.05) is 22.7 Å². The fraction of sp³-hybridized carbons (Fsp3) is 0.222. The van der Waals surface area contributed by atoms with Crippen LogP contribution in [0.3, 0.4) is 0 Å². The molecule has 0 fully saturated rings. The van der Waals surface area contributed by atoms with Gasteiger partial charge in [-0.05, 0) is 81.1 Å². The highest BCUT2D eigenvalue weighted by Crippen LogP contribution is 2.41. The molecule has 0 aliphatic heterocycles. The van der Waals surface area contributed by atoms with Crippen molar-refractivity contribution in [3.8, 4) is 0 Å². The molecule has 38 heavy (non-hydrogen) atoms. The van der Waals surface area contributed by atoms with E-state index in [1.165, 1.54) is 67.8 Å². The highest BCUT2D eigenvalue weighted by molar-refractivity contribution is 7.26. The SMILES string of the molecule is CC(C)(C)c1ccc2sc3ccc4cc(CC(C)(C)c5ccc6sc7ccccc7c6c5)ccc4c3c2c1. The molecule has 2 aromatic heterocycles. The first-order valence-electron chi connectivity index (χ1n) is 13.5. The minimum Gasteiger partial charge on any atom is -0.135 e. The third-order valence-electron chi connectivity index (χ3n) is 8.19. The number of rotatable bonds is 3. The van der Waals surface area contributed by atoms with E-state index >= 15 is 0 Å². The summed E-state index contributed by atoms with van der Waals surface area (Å²) in [7, 11) is 0. The third kappa shape index (κ3) is 3.85. The van der Waals surface area contributed by atoms with Gasteiger partial charge in [0.15, 0.2) is 0 Å². The van der Waals surface area contributed by atoms with Crippen molar-refractivity contribution in [2.45, 2.75) is 51.9 Å². The molecule has 0 saturated heterocycles. The molecule has 0 aliphatic rings. The average Bonchev–Trinajstić information content (AvgIpc) is 3.45. The van der Waals surface area contributed by atoms with Crippen LogP contribution in [0.4, 0.5) is 0 Å². The van der Waals surface area contributed by atoms with Gasteiger partial charge in [-0.2, -0.15) is 0 Å². The van der Waals surface area contributed by atoms with Gasteiger partial charge in [0.2, 0.25) is 0 Å². The van der Waals surface area contributed by atoms with Crippen molar-refractivity contribution in [3.05, 3.63) is 108 Å². The van der Waals surface area contributed by atoms with Crippen LogP contribution in [0.15, 0.2) is 91.0 Å². The summed E-state index contributed by atoms with van der Waals surface area (Å²) in [6.07, 6.45) is 1.01. The second-order valence-corrected chi connectivity index (χ2v) is 14.6. The lowest BCUT2D eigenvalue weighted by Crippen LogP contribution is -2.20. The summed E-state index contributed by atoms with van der Waals surface area (Å²) in [6, 6.07) is 34.7. The first-order valence-corrected chi connectivity index (χ1v) is 15.1. The van der Waals surface area contributed by atoms with E-state index in [0.29, 0.717) is 0 Å². The van der Waals surface area contributed by atoms with Crippen molar-refractivity contribution in [2.24, 2.45) is 0 Å². The third-order valence-corrected chi connectivity index (χ3v) is 10.5. The van der Waals surface area contributed by atoms with Crippen LogP contribution in [0, 0.1) is 0 Å². The second kappa shape index (κ2) is 8.40. The predicted molar refractivity (Wildman–Crippen MR) is 172 cm³/mol. The smallest absolute Gasteiger partial charge is 0.0361 e. The standard InChI is InChI=1S/C36H32S2/c1-35(2,3)24-12-16-32-29(19-24)34-26-14-10-22(18-23(26)11-15-33(34)38-32)21-36(4,5)25-13-17-31-28(20-25)27-8-6-7-9-30(27)37-31/h6-20H,21H2,1-5H3. The van der Waals surface area contributed by atoms with E-state index < -0.39 is 0 Å². The van der Waals surface area contributed by atoms with Gasteiger partial charge in [0.1, 0.15) is 0 Å². The Kier molecular flexibility index (Phi) is 5.28. The van der Waals surface area contributed by atoms with Gasteiger partial charge in [-0.15, -0.1) is 22.7 Å². The molecule has 0 radical (unpaired) electrons. The Morgan fingerprint density at radius 3 is 2.00 bits per heavy atom. The van der Waals surface area contributed by atoms with Crippen LogP contribution >= 0.6 is 22.7 Å². The van der Waals surface area contributed by atoms with Crippen LogP contribution in [-0.2, 0) is 17.3 Å². The van der Waals surface area contributed by atoms with Gasteiger partial charge < -0.3 is 0 Å². The molecule has 0 amide bonds. The Morgan fingerprint density at radius 2 is 1.18 bits per heavy atom. The van der Waals surface area contributed by atoms with Crippen LogP contribution in [0.5, 0.6) is 0 Å². The molecule has 0 spiro atoms. The summed E-state index contributed by atoms with van der Waals surface area (Å²) in [5.74, 6) is 0. The van der Waals surface area contributed by atoms with Gasteiger partial charge in [-0.1, -0.05) is 89.2 Å². The van der Waals surface area contributed by atoms with Crippen LogP contribution in [0.1, 0.15) is 51.3 Å². The Morgan fingerprint density at radius 1 is 0.526 bits per heavy atom. The summed E-state index contributed by atoms with van der Waals surface area (Å²) in [5.41, 5.74) is 4.38. The number of fused-ring (bicyclic) bond motifs is 8. The summed E-state index contributed by atoms with van der Waals surface area (Å²) < 4.78 is 5.50. The topological polar surface area (TPSA) is 0 Å². The Labute approximate surface area is 232 Å². The molecule has 0 unspecified atom stereocenters. The molecule has 0 saturated carbocycles. The molecular weight excluding hydrogens is 497 g/mol. The van der Waals surface area contributed by atoms with E-state index in [-0.39, 0.29) is 10.8 Å². The van der Waals surface area contributed by atoms with Gasteiger partial charge >= 0.3 is 0 Å². The normalized spacial score (nSPS) is 13.0. The molecule has 0 atom stereocenters. The maximum absolute atomic E-state index is 2.43. The van der Waals surface area contributed by atoms with Crippen molar-refractivity contribution < 1.29 is 0 Å². The number of benzene rings is 5. The molecule has 2 heteroatoms. The lowest BCUT2D eigenvalue weighted by molar-refractivity contribution is 0.523. The minimum atomic E-state index is 0.0334. The second-order valence-electron chi connectivity index (χ2n) is 12.4. The molecule has 188 valence electrons. The molecule has 0 bridgehead atoms. The maximum Gasteiger partial charge on any atom is 0.0361 e. The fourth-order valence-electron chi connectivity index (χ4n) is 5.99. The zero-order chi connectivity index (χ0) is 26.2. The maximum atomic E-state index is 2.43. The molecule has 7 rings (SSSR count). The van der Waals surface area contributed by atoms with Crippen LogP contribution < -0.4 is 0 Å². The number of thiophene rings is 2. The predicted octanol–water partition coefficient (Wildman–Crippen LogP) is 11.4. The highest BCUT2D eigenvalue weighted by atomic mass is 32.1. The molecule has 0 nitrogen and oxygen atoms in total. The number of hydrogen-bond acceptors (Lipinski definition) is 2. The van der Waals surface area contributed by atoms with Crippen molar-refractivity contribution in [1.29, 1.82) is 0 Å².